The van der Waals surface area contributed by atoms with Gasteiger partial charge in [0.25, 0.3) is 0 Å². The van der Waals surface area contributed by atoms with E-state index in [0.29, 0.717) is 13.1 Å². The topological polar surface area (TPSA) is 93.1 Å². The van der Waals surface area contributed by atoms with E-state index < -0.39 is 24.1 Å². The lowest BCUT2D eigenvalue weighted by atomic mass is 10.2. The second-order valence-corrected chi connectivity index (χ2v) is 4.52. The molecule has 1 rings (SSSR count). The predicted molar refractivity (Wildman–Crippen MR) is 65.3 cm³/mol. The number of aliphatic hydroxyl groups excluding tert-OH is 1. The Bertz CT molecular complexity index is 311. The van der Waals surface area contributed by atoms with Gasteiger partial charge < -0.3 is 25.3 Å². The second-order valence-electron chi connectivity index (χ2n) is 4.52. The molecule has 2 atom stereocenters. The Morgan fingerprint density at radius 3 is 2.72 bits per heavy atom. The molecule has 2 unspecified atom stereocenters. The molecule has 0 bridgehead atoms. The van der Waals surface area contributed by atoms with Gasteiger partial charge in [0.2, 0.25) is 0 Å². The number of rotatable bonds is 5. The number of carbonyl (C=O) groups is 2. The molecule has 3 N–H and O–H groups in total. The number of hydrogen-bond donors (Lipinski definition) is 3. The fourth-order valence-corrected chi connectivity index (χ4v) is 1.89. The van der Waals surface area contributed by atoms with Gasteiger partial charge >= 0.3 is 12.0 Å². The monoisotopic (exact) mass is 259 g/mol. The van der Waals surface area contributed by atoms with E-state index in [4.69, 9.17) is 5.11 Å². The van der Waals surface area contributed by atoms with Gasteiger partial charge in [0.1, 0.15) is 6.04 Å². The third-order valence-electron chi connectivity index (χ3n) is 3.13. The van der Waals surface area contributed by atoms with Crippen molar-refractivity contribution in [3.63, 3.8) is 0 Å². The van der Waals surface area contributed by atoms with E-state index in [9.17, 15) is 14.7 Å². The lowest BCUT2D eigenvalue weighted by Crippen LogP contribution is -2.47. The highest BCUT2D eigenvalue weighted by atomic mass is 16.4. The van der Waals surface area contributed by atoms with Crippen LogP contribution in [0.4, 0.5) is 4.79 Å². The van der Waals surface area contributed by atoms with Gasteiger partial charge in [-0.1, -0.05) is 6.92 Å². The Morgan fingerprint density at radius 2 is 2.17 bits per heavy atom. The van der Waals surface area contributed by atoms with E-state index >= 15 is 0 Å². The van der Waals surface area contributed by atoms with Crippen LogP contribution >= 0.6 is 0 Å². The smallest absolute Gasteiger partial charge is 0.326 e. The van der Waals surface area contributed by atoms with Crippen molar-refractivity contribution in [2.75, 3.05) is 33.2 Å². The molecule has 0 saturated carbocycles. The first-order chi connectivity index (χ1) is 8.45. The molecule has 18 heavy (non-hydrogen) atoms. The van der Waals surface area contributed by atoms with Crippen LogP contribution < -0.4 is 5.32 Å². The number of amides is 2. The highest BCUT2D eigenvalue weighted by Gasteiger charge is 2.38. The summed E-state index contributed by atoms with van der Waals surface area (Å²) in [6.07, 6.45) is -0.660. The van der Waals surface area contributed by atoms with Crippen molar-refractivity contribution in [2.24, 2.45) is 0 Å². The molecular formula is C11H21N3O4. The molecule has 0 aromatic heterocycles. The van der Waals surface area contributed by atoms with Crippen molar-refractivity contribution < 1.29 is 19.8 Å². The summed E-state index contributed by atoms with van der Waals surface area (Å²) < 4.78 is 0. The van der Waals surface area contributed by atoms with Crippen LogP contribution in [0.15, 0.2) is 0 Å². The van der Waals surface area contributed by atoms with Crippen LogP contribution in [-0.2, 0) is 4.79 Å². The number of β-amino-alcohol motifs (C(OH)–C–C–N with tert-alkyl or cyclic N) is 1. The van der Waals surface area contributed by atoms with Crippen LogP contribution in [0, 0.1) is 0 Å². The molecular weight excluding hydrogens is 238 g/mol. The van der Waals surface area contributed by atoms with Gasteiger partial charge in [0.05, 0.1) is 6.10 Å². The molecule has 1 aliphatic rings. The van der Waals surface area contributed by atoms with Crippen LogP contribution in [0.5, 0.6) is 0 Å². The molecule has 1 saturated heterocycles. The maximum atomic E-state index is 11.8. The summed E-state index contributed by atoms with van der Waals surface area (Å²) >= 11 is 0. The number of aliphatic hydroxyl groups is 1. The van der Waals surface area contributed by atoms with Crippen LogP contribution in [0.3, 0.4) is 0 Å². The summed E-state index contributed by atoms with van der Waals surface area (Å²) in [6, 6.07) is -1.35. The number of likely N-dealkylation sites (tertiary alicyclic amines) is 1. The van der Waals surface area contributed by atoms with E-state index in [2.05, 4.69) is 5.32 Å². The van der Waals surface area contributed by atoms with Crippen molar-refractivity contribution >= 4 is 12.0 Å². The van der Waals surface area contributed by atoms with E-state index in [-0.39, 0.29) is 13.0 Å². The first kappa shape index (κ1) is 14.7. The lowest BCUT2D eigenvalue weighted by molar-refractivity contribution is -0.141. The summed E-state index contributed by atoms with van der Waals surface area (Å²) in [4.78, 5) is 26.0. The summed E-state index contributed by atoms with van der Waals surface area (Å²) in [5, 5.41) is 21.1. The molecule has 0 aliphatic carbocycles. The normalized spacial score (nSPS) is 23.4. The van der Waals surface area contributed by atoms with Gasteiger partial charge in [-0.2, -0.15) is 0 Å². The third-order valence-corrected chi connectivity index (χ3v) is 3.13. The maximum absolute atomic E-state index is 11.8. The Hall–Kier alpha value is -1.34. The molecule has 1 aliphatic heterocycles. The molecule has 1 heterocycles. The average molecular weight is 259 g/mol. The molecule has 104 valence electrons. The SMILES string of the molecule is CCN(C)CCNC(=O)N1CC(O)CC1C(=O)O. The van der Waals surface area contributed by atoms with E-state index in [1.807, 2.05) is 18.9 Å². The zero-order chi connectivity index (χ0) is 13.7. The number of nitrogens with zero attached hydrogens (tertiary/aromatic N) is 2. The second kappa shape index (κ2) is 6.55. The van der Waals surface area contributed by atoms with Gasteiger partial charge in [0.15, 0.2) is 0 Å². The van der Waals surface area contributed by atoms with Gasteiger partial charge in [0, 0.05) is 26.1 Å². The summed E-state index contributed by atoms with van der Waals surface area (Å²) in [6.45, 7) is 4.14. The molecule has 0 spiro atoms. The predicted octanol–water partition coefficient (Wildman–Crippen LogP) is -0.832. The number of nitrogens with one attached hydrogen (secondary N) is 1. The zero-order valence-electron chi connectivity index (χ0n) is 10.8. The van der Waals surface area contributed by atoms with Crippen LogP contribution in [0.25, 0.3) is 0 Å². The molecule has 0 radical (unpaired) electrons. The average Bonchev–Trinajstić information content (AvgIpc) is 2.71. The van der Waals surface area contributed by atoms with E-state index in [0.717, 1.165) is 6.54 Å². The number of carboxylic acids is 1. The Morgan fingerprint density at radius 1 is 1.50 bits per heavy atom. The number of aliphatic carboxylic acids is 1. The number of carboxylic acid groups (broad SMARTS) is 1. The molecule has 0 aromatic carbocycles. The highest BCUT2D eigenvalue weighted by Crippen LogP contribution is 2.17. The summed E-state index contributed by atoms with van der Waals surface area (Å²) in [7, 11) is 1.94. The largest absolute Gasteiger partial charge is 0.480 e. The van der Waals surface area contributed by atoms with Crippen LogP contribution in [0.2, 0.25) is 0 Å². The number of likely N-dealkylation sites (N-methyl/N-ethyl adjacent to an activating group) is 1. The Kier molecular flexibility index (Phi) is 5.36. The van der Waals surface area contributed by atoms with E-state index in [1.54, 1.807) is 0 Å². The Labute approximate surface area is 106 Å². The van der Waals surface area contributed by atoms with Crippen molar-refractivity contribution in [1.29, 1.82) is 0 Å². The standard InChI is InChI=1S/C11H21N3O4/c1-3-13(2)5-4-12-11(18)14-7-8(15)6-9(14)10(16)17/h8-9,15H,3-7H2,1-2H3,(H,12,18)(H,16,17). The number of hydrogen-bond acceptors (Lipinski definition) is 4. The van der Waals surface area contributed by atoms with Crippen molar-refractivity contribution in [3.05, 3.63) is 0 Å². The van der Waals surface area contributed by atoms with E-state index in [1.165, 1.54) is 4.90 Å². The molecule has 7 heteroatoms. The third kappa shape index (κ3) is 3.85. The molecule has 7 nitrogen and oxygen atoms in total. The fraction of sp³-hybridized carbons (Fsp3) is 0.818. The van der Waals surface area contributed by atoms with Gasteiger partial charge in [-0.05, 0) is 13.6 Å². The summed E-state index contributed by atoms with van der Waals surface area (Å²) in [5.41, 5.74) is 0. The molecule has 1 fully saturated rings. The molecule has 0 aromatic rings. The maximum Gasteiger partial charge on any atom is 0.326 e. The van der Waals surface area contributed by atoms with Crippen molar-refractivity contribution in [2.45, 2.75) is 25.5 Å². The van der Waals surface area contributed by atoms with Crippen molar-refractivity contribution in [3.8, 4) is 0 Å². The lowest BCUT2D eigenvalue weighted by Gasteiger charge is -2.22. The van der Waals surface area contributed by atoms with Gasteiger partial charge in [-0.25, -0.2) is 9.59 Å². The number of carbonyl (C=O) groups excluding carboxylic acids is 1. The van der Waals surface area contributed by atoms with Crippen LogP contribution in [0.1, 0.15) is 13.3 Å². The van der Waals surface area contributed by atoms with Crippen LogP contribution in [-0.4, -0.2) is 77.4 Å². The summed E-state index contributed by atoms with van der Waals surface area (Å²) in [5.74, 6) is -1.08. The first-order valence-electron chi connectivity index (χ1n) is 6.09. The first-order valence-corrected chi connectivity index (χ1v) is 6.09. The van der Waals surface area contributed by atoms with Gasteiger partial charge in [-0.3, -0.25) is 0 Å². The minimum Gasteiger partial charge on any atom is -0.480 e. The minimum absolute atomic E-state index is 0.0758. The van der Waals surface area contributed by atoms with Gasteiger partial charge in [-0.15, -0.1) is 0 Å². The Balaban J connectivity index is 2.43. The highest BCUT2D eigenvalue weighted by molar-refractivity contribution is 5.83. The fourth-order valence-electron chi connectivity index (χ4n) is 1.89. The quantitative estimate of drug-likeness (QED) is 0.599. The van der Waals surface area contributed by atoms with Crippen molar-refractivity contribution in [1.82, 2.24) is 15.1 Å². The molecule has 2 amide bonds. The number of urea groups is 1. The zero-order valence-corrected chi connectivity index (χ0v) is 10.8. The minimum atomic E-state index is -1.08.